The van der Waals surface area contributed by atoms with E-state index in [1.165, 1.54) is 0 Å². The molecular formula is C7H8BrClO. The second-order valence-corrected chi connectivity index (χ2v) is 3.90. The van der Waals surface area contributed by atoms with Crippen molar-refractivity contribution in [2.75, 3.05) is 0 Å². The lowest BCUT2D eigenvalue weighted by molar-refractivity contribution is 0.117. The highest BCUT2D eigenvalue weighted by molar-refractivity contribution is 9.11. The molecule has 0 saturated carbocycles. The molecule has 0 saturated heterocycles. The molecule has 0 heterocycles. The molecule has 1 aliphatic rings. The summed E-state index contributed by atoms with van der Waals surface area (Å²) in [6.07, 6.45) is 5.23. The number of hydrogen-bond acceptors (Lipinski definition) is 1. The number of hydrogen-bond donors (Lipinski definition) is 1. The number of aliphatic hydroxyl groups is 1. The van der Waals surface area contributed by atoms with Crippen LogP contribution in [0.15, 0.2) is 22.7 Å². The van der Waals surface area contributed by atoms with E-state index >= 15 is 0 Å². The zero-order valence-electron chi connectivity index (χ0n) is 5.51. The summed E-state index contributed by atoms with van der Waals surface area (Å²) in [5.74, 6) is 0. The van der Waals surface area contributed by atoms with Gasteiger partial charge in [-0.2, -0.15) is 0 Å². The van der Waals surface area contributed by atoms with Crippen molar-refractivity contribution in [3.63, 3.8) is 0 Å². The Morgan fingerprint density at radius 1 is 1.80 bits per heavy atom. The van der Waals surface area contributed by atoms with Crippen LogP contribution < -0.4 is 0 Å². The molecule has 0 aromatic carbocycles. The van der Waals surface area contributed by atoms with Gasteiger partial charge in [-0.1, -0.05) is 22.0 Å². The number of rotatable bonds is 0. The fourth-order valence-corrected chi connectivity index (χ4v) is 1.46. The van der Waals surface area contributed by atoms with Gasteiger partial charge in [-0.05, 0) is 19.1 Å². The van der Waals surface area contributed by atoms with Gasteiger partial charge in [0, 0.05) is 4.48 Å². The Bertz CT molecular complexity index is 196. The molecule has 0 aromatic rings. The first-order chi connectivity index (χ1) is 4.52. The van der Waals surface area contributed by atoms with Gasteiger partial charge in [-0.3, -0.25) is 0 Å². The minimum atomic E-state index is -0.904. The van der Waals surface area contributed by atoms with Gasteiger partial charge in [0.05, 0.1) is 5.38 Å². The molecule has 56 valence electrons. The summed E-state index contributed by atoms with van der Waals surface area (Å²) >= 11 is 9.05. The first-order valence-electron chi connectivity index (χ1n) is 2.95. The standard InChI is InChI=1S/C7H8BrClO/c1-7(10)3-2-5(8)4-6(7)9/h2-4,6,10H,1H3. The lowest BCUT2D eigenvalue weighted by atomic mass is 9.98. The van der Waals surface area contributed by atoms with Gasteiger partial charge in [0.25, 0.3) is 0 Å². The van der Waals surface area contributed by atoms with Crippen LogP contribution in [0.4, 0.5) is 0 Å². The minimum absolute atomic E-state index is 0.341. The highest BCUT2D eigenvalue weighted by Gasteiger charge is 2.27. The van der Waals surface area contributed by atoms with Crippen molar-refractivity contribution in [2.45, 2.75) is 17.9 Å². The van der Waals surface area contributed by atoms with E-state index in [0.717, 1.165) is 4.48 Å². The van der Waals surface area contributed by atoms with Crippen molar-refractivity contribution >= 4 is 27.5 Å². The van der Waals surface area contributed by atoms with Crippen molar-refractivity contribution in [3.8, 4) is 0 Å². The maximum absolute atomic E-state index is 9.48. The monoisotopic (exact) mass is 222 g/mol. The van der Waals surface area contributed by atoms with Gasteiger partial charge in [0.1, 0.15) is 5.60 Å². The Kier molecular flexibility index (Phi) is 2.23. The summed E-state index contributed by atoms with van der Waals surface area (Å²) < 4.78 is 0.916. The number of halogens is 2. The van der Waals surface area contributed by atoms with Crippen molar-refractivity contribution in [1.82, 2.24) is 0 Å². The molecule has 0 fully saturated rings. The van der Waals surface area contributed by atoms with E-state index in [1.54, 1.807) is 25.2 Å². The number of alkyl halides is 1. The number of allylic oxidation sites excluding steroid dienone is 2. The van der Waals surface area contributed by atoms with Gasteiger partial charge in [-0.15, -0.1) is 11.6 Å². The molecule has 1 aliphatic carbocycles. The third-order valence-corrected chi connectivity index (χ3v) is 2.54. The lowest BCUT2D eigenvalue weighted by Gasteiger charge is -2.25. The SMILES string of the molecule is CC1(O)C=CC(Br)=CC1Cl. The molecule has 1 nitrogen and oxygen atoms in total. The third kappa shape index (κ3) is 1.62. The summed E-state index contributed by atoms with van der Waals surface area (Å²) in [7, 11) is 0. The van der Waals surface area contributed by atoms with Crippen LogP contribution in [0.2, 0.25) is 0 Å². The quantitative estimate of drug-likeness (QED) is 0.624. The van der Waals surface area contributed by atoms with Crippen molar-refractivity contribution in [3.05, 3.63) is 22.7 Å². The molecule has 2 atom stereocenters. The van der Waals surface area contributed by atoms with Crippen LogP contribution in [0.5, 0.6) is 0 Å². The van der Waals surface area contributed by atoms with E-state index < -0.39 is 5.60 Å². The average Bonchev–Trinajstić information content (AvgIpc) is 1.81. The smallest absolute Gasteiger partial charge is 0.100 e. The third-order valence-electron chi connectivity index (χ3n) is 1.44. The molecule has 1 rings (SSSR count). The Morgan fingerprint density at radius 2 is 2.40 bits per heavy atom. The van der Waals surface area contributed by atoms with Gasteiger partial charge in [0.2, 0.25) is 0 Å². The summed E-state index contributed by atoms with van der Waals surface area (Å²) in [6, 6.07) is 0. The van der Waals surface area contributed by atoms with E-state index in [4.69, 9.17) is 11.6 Å². The van der Waals surface area contributed by atoms with E-state index in [2.05, 4.69) is 15.9 Å². The molecule has 10 heavy (non-hydrogen) atoms. The van der Waals surface area contributed by atoms with Crippen LogP contribution in [-0.2, 0) is 0 Å². The Balaban J connectivity index is 2.84. The maximum Gasteiger partial charge on any atom is 0.100 e. The first-order valence-corrected chi connectivity index (χ1v) is 4.18. The summed E-state index contributed by atoms with van der Waals surface area (Å²) in [4.78, 5) is 0. The molecule has 0 aromatic heterocycles. The van der Waals surface area contributed by atoms with Crippen LogP contribution in [0.1, 0.15) is 6.92 Å². The fourth-order valence-electron chi connectivity index (χ4n) is 0.704. The molecule has 0 bridgehead atoms. The molecule has 3 heteroatoms. The fraction of sp³-hybridized carbons (Fsp3) is 0.429. The van der Waals surface area contributed by atoms with E-state index in [1.807, 2.05) is 0 Å². The van der Waals surface area contributed by atoms with Crippen LogP contribution >= 0.6 is 27.5 Å². The molecule has 0 aliphatic heterocycles. The Hall–Kier alpha value is 0.210. The van der Waals surface area contributed by atoms with Gasteiger partial charge in [0.15, 0.2) is 0 Å². The van der Waals surface area contributed by atoms with E-state index in [0.29, 0.717) is 0 Å². The molecule has 0 amide bonds. The minimum Gasteiger partial charge on any atom is -0.384 e. The van der Waals surface area contributed by atoms with Gasteiger partial charge >= 0.3 is 0 Å². The maximum atomic E-state index is 9.48. The molecule has 2 unspecified atom stereocenters. The van der Waals surface area contributed by atoms with Crippen LogP contribution in [-0.4, -0.2) is 16.1 Å². The predicted octanol–water partition coefficient (Wildman–Crippen LogP) is 2.19. The second kappa shape index (κ2) is 2.68. The Labute approximate surface area is 73.5 Å². The molecule has 0 radical (unpaired) electrons. The molecule has 0 spiro atoms. The average molecular weight is 223 g/mol. The highest BCUT2D eigenvalue weighted by atomic mass is 79.9. The zero-order chi connectivity index (χ0) is 7.78. The summed E-state index contributed by atoms with van der Waals surface area (Å²) in [5, 5.41) is 9.14. The predicted molar refractivity (Wildman–Crippen MR) is 46.4 cm³/mol. The topological polar surface area (TPSA) is 20.2 Å². The van der Waals surface area contributed by atoms with Crippen LogP contribution in [0, 0.1) is 0 Å². The highest BCUT2D eigenvalue weighted by Crippen LogP contribution is 2.27. The summed E-state index contributed by atoms with van der Waals surface area (Å²) in [5.41, 5.74) is -0.904. The van der Waals surface area contributed by atoms with Crippen molar-refractivity contribution in [1.29, 1.82) is 0 Å². The van der Waals surface area contributed by atoms with Crippen molar-refractivity contribution < 1.29 is 5.11 Å². The zero-order valence-corrected chi connectivity index (χ0v) is 7.85. The van der Waals surface area contributed by atoms with Gasteiger partial charge < -0.3 is 5.11 Å². The normalized spacial score (nSPS) is 39.6. The van der Waals surface area contributed by atoms with Gasteiger partial charge in [-0.25, -0.2) is 0 Å². The van der Waals surface area contributed by atoms with Crippen LogP contribution in [0.3, 0.4) is 0 Å². The van der Waals surface area contributed by atoms with Crippen LogP contribution in [0.25, 0.3) is 0 Å². The molecular weight excluding hydrogens is 215 g/mol. The largest absolute Gasteiger partial charge is 0.384 e. The van der Waals surface area contributed by atoms with E-state index in [-0.39, 0.29) is 5.38 Å². The molecule has 1 N–H and O–H groups in total. The Morgan fingerprint density at radius 3 is 2.80 bits per heavy atom. The lowest BCUT2D eigenvalue weighted by Crippen LogP contribution is -2.33. The first kappa shape index (κ1) is 8.31. The van der Waals surface area contributed by atoms with E-state index in [9.17, 15) is 5.11 Å². The van der Waals surface area contributed by atoms with Crippen molar-refractivity contribution in [2.24, 2.45) is 0 Å². The second-order valence-electron chi connectivity index (χ2n) is 2.51. The summed E-state index contributed by atoms with van der Waals surface area (Å²) in [6.45, 7) is 1.68.